The van der Waals surface area contributed by atoms with Gasteiger partial charge in [-0.15, -0.1) is 0 Å². The van der Waals surface area contributed by atoms with Gasteiger partial charge in [-0.05, 0) is 55.8 Å². The number of urea groups is 1. The monoisotopic (exact) mass is 559 g/mol. The van der Waals surface area contributed by atoms with Gasteiger partial charge in [0, 0.05) is 44.1 Å². The number of benzene rings is 2. The first-order valence-corrected chi connectivity index (χ1v) is 12.8. The molecule has 0 spiro atoms. The quantitative estimate of drug-likeness (QED) is 0.246. The van der Waals surface area contributed by atoms with E-state index in [9.17, 15) is 23.2 Å². The molecule has 0 atom stereocenters. The molecule has 2 aromatic carbocycles. The van der Waals surface area contributed by atoms with Crippen LogP contribution in [0.2, 0.25) is 0 Å². The van der Waals surface area contributed by atoms with Crippen LogP contribution in [0.25, 0.3) is 0 Å². The minimum Gasteiger partial charge on any atom is -0.633 e. The van der Waals surface area contributed by atoms with Gasteiger partial charge in [-0.3, -0.25) is 4.90 Å². The summed E-state index contributed by atoms with van der Waals surface area (Å²) in [6, 6.07) is 11.0. The van der Waals surface area contributed by atoms with Crippen molar-refractivity contribution in [3.8, 4) is 11.6 Å². The Morgan fingerprint density at radius 2 is 1.70 bits per heavy atom. The minimum atomic E-state index is -4.61. The number of nitrogens with zero attached hydrogens (tertiary/aromatic N) is 4. The first-order valence-electron chi connectivity index (χ1n) is 12.8. The Balaban J connectivity index is 1.37. The Bertz CT molecular complexity index is 1310. The summed E-state index contributed by atoms with van der Waals surface area (Å²) in [7, 11) is 1.72. The van der Waals surface area contributed by atoms with Crippen molar-refractivity contribution >= 4 is 23.2 Å². The molecule has 2 amide bonds. The number of carbonyl (C=O) groups excluding carboxylic acids is 1. The molecule has 0 radical (unpaired) electrons. The van der Waals surface area contributed by atoms with Crippen LogP contribution in [0.15, 0.2) is 54.9 Å². The van der Waals surface area contributed by atoms with E-state index in [1.54, 1.807) is 37.4 Å². The van der Waals surface area contributed by atoms with Crippen molar-refractivity contribution in [2.75, 3.05) is 49.2 Å². The number of hydrogen-bond donors (Lipinski definition) is 3. The Kier molecular flexibility index (Phi) is 8.76. The fourth-order valence-electron chi connectivity index (χ4n) is 4.37. The number of piperazine rings is 1. The lowest BCUT2D eigenvalue weighted by Crippen LogP contribution is -2.59. The molecule has 4 rings (SSSR count). The SMILES string of the molecule is CNc1cc(Oc2ccc(NC(=O)Nc3ccc(CN4CC[N+]([O-])(C(C)C)CC4)c(C(F)(F)F)c3)cc2)ncn1. The van der Waals surface area contributed by atoms with E-state index in [1.807, 2.05) is 18.7 Å². The van der Waals surface area contributed by atoms with Crippen molar-refractivity contribution in [2.45, 2.75) is 32.6 Å². The van der Waals surface area contributed by atoms with Crippen molar-refractivity contribution in [1.82, 2.24) is 14.9 Å². The molecular weight excluding hydrogens is 527 g/mol. The maximum absolute atomic E-state index is 13.9. The fourth-order valence-corrected chi connectivity index (χ4v) is 4.37. The van der Waals surface area contributed by atoms with Crippen molar-refractivity contribution in [3.05, 3.63) is 71.2 Å². The number of quaternary nitrogens is 1. The zero-order valence-electron chi connectivity index (χ0n) is 22.5. The van der Waals surface area contributed by atoms with Crippen molar-refractivity contribution in [1.29, 1.82) is 0 Å². The highest BCUT2D eigenvalue weighted by molar-refractivity contribution is 5.99. The first-order chi connectivity index (χ1) is 18.9. The van der Waals surface area contributed by atoms with Gasteiger partial charge in [-0.2, -0.15) is 13.2 Å². The topological polar surface area (TPSA) is 114 Å². The summed E-state index contributed by atoms with van der Waals surface area (Å²) >= 11 is 0. The van der Waals surface area contributed by atoms with Gasteiger partial charge in [-0.1, -0.05) is 6.07 Å². The number of halogens is 3. The van der Waals surface area contributed by atoms with Gasteiger partial charge in [0.15, 0.2) is 0 Å². The molecule has 0 bridgehead atoms. The number of amides is 2. The third-order valence-electron chi connectivity index (χ3n) is 6.83. The van der Waals surface area contributed by atoms with Crippen LogP contribution >= 0.6 is 0 Å². The Morgan fingerprint density at radius 3 is 2.33 bits per heavy atom. The van der Waals surface area contributed by atoms with E-state index in [2.05, 4.69) is 25.9 Å². The van der Waals surface area contributed by atoms with E-state index in [0.717, 1.165) is 6.07 Å². The highest BCUT2D eigenvalue weighted by Crippen LogP contribution is 2.35. The number of hydroxylamine groups is 3. The number of aromatic nitrogens is 2. The summed E-state index contributed by atoms with van der Waals surface area (Å²) in [4.78, 5) is 22.4. The van der Waals surface area contributed by atoms with Gasteiger partial charge in [0.1, 0.15) is 17.9 Å². The van der Waals surface area contributed by atoms with Crippen LogP contribution in [0.5, 0.6) is 11.6 Å². The van der Waals surface area contributed by atoms with Crippen LogP contribution in [-0.2, 0) is 12.7 Å². The standard InChI is InChI=1S/C27H32F3N7O3/c1-18(2)37(39)12-10-36(11-13-37)16-19-4-5-21(14-23(19)27(28,29)30)35-26(38)34-20-6-8-22(9-7-20)40-25-15-24(31-3)32-17-33-25/h4-9,14-15,17-18H,10-13,16H2,1-3H3,(H,31,32,33)(H2,34,35,38). The normalized spacial score (nSPS) is 15.5. The molecule has 13 heteroatoms. The number of hydrogen-bond acceptors (Lipinski definition) is 7. The number of nitrogens with one attached hydrogen (secondary N) is 3. The predicted octanol–water partition coefficient (Wildman–Crippen LogP) is 5.51. The van der Waals surface area contributed by atoms with Gasteiger partial charge < -0.3 is 30.5 Å². The zero-order chi connectivity index (χ0) is 28.9. The summed E-state index contributed by atoms with van der Waals surface area (Å²) in [5.41, 5.74) is -0.313. The third kappa shape index (κ3) is 7.37. The van der Waals surface area contributed by atoms with Gasteiger partial charge >= 0.3 is 12.2 Å². The molecule has 1 aliphatic heterocycles. The van der Waals surface area contributed by atoms with Crippen LogP contribution in [0, 0.1) is 5.21 Å². The second-order valence-electron chi connectivity index (χ2n) is 9.84. The molecule has 3 aromatic rings. The number of rotatable bonds is 8. The van der Waals surface area contributed by atoms with Crippen LogP contribution in [-0.4, -0.2) is 64.8 Å². The van der Waals surface area contributed by atoms with Crippen molar-refractivity contribution in [2.24, 2.45) is 0 Å². The number of alkyl halides is 3. The summed E-state index contributed by atoms with van der Waals surface area (Å²) in [6.45, 7) is 5.30. The summed E-state index contributed by atoms with van der Waals surface area (Å²) < 4.78 is 47.1. The Morgan fingerprint density at radius 1 is 1.05 bits per heavy atom. The number of ether oxygens (including phenoxy) is 1. The second-order valence-corrected chi connectivity index (χ2v) is 9.84. The van der Waals surface area contributed by atoms with Gasteiger partial charge in [0.05, 0.1) is 24.7 Å². The summed E-state index contributed by atoms with van der Waals surface area (Å²) in [5, 5.41) is 20.6. The highest BCUT2D eigenvalue weighted by Gasteiger charge is 2.35. The van der Waals surface area contributed by atoms with Gasteiger partial charge in [0.25, 0.3) is 0 Å². The van der Waals surface area contributed by atoms with E-state index >= 15 is 0 Å². The molecule has 1 saturated heterocycles. The molecule has 214 valence electrons. The van der Waals surface area contributed by atoms with E-state index < -0.39 is 17.8 Å². The first kappa shape index (κ1) is 29.1. The molecule has 1 aliphatic rings. The molecule has 3 N–H and O–H groups in total. The molecule has 10 nitrogen and oxygen atoms in total. The maximum Gasteiger partial charge on any atom is 0.416 e. The van der Waals surface area contributed by atoms with Crippen LogP contribution < -0.4 is 20.7 Å². The second kappa shape index (κ2) is 12.1. The average molecular weight is 560 g/mol. The summed E-state index contributed by atoms with van der Waals surface area (Å²) in [6.07, 6.45) is -3.25. The van der Waals surface area contributed by atoms with E-state index in [-0.39, 0.29) is 28.5 Å². The molecule has 1 fully saturated rings. The fraction of sp³-hybridized carbons (Fsp3) is 0.370. The van der Waals surface area contributed by atoms with Crippen molar-refractivity contribution in [3.63, 3.8) is 0 Å². The molecule has 2 heterocycles. The lowest BCUT2D eigenvalue weighted by molar-refractivity contribution is -0.905. The van der Waals surface area contributed by atoms with Crippen molar-refractivity contribution < 1.29 is 27.3 Å². The highest BCUT2D eigenvalue weighted by atomic mass is 19.4. The molecule has 0 unspecified atom stereocenters. The summed E-state index contributed by atoms with van der Waals surface area (Å²) in [5.74, 6) is 1.38. The van der Waals surface area contributed by atoms with E-state index in [4.69, 9.17) is 4.74 Å². The van der Waals surface area contributed by atoms with Gasteiger partial charge in [0.2, 0.25) is 5.88 Å². The Labute approximate surface area is 230 Å². The molecule has 0 aliphatic carbocycles. The van der Waals surface area contributed by atoms with E-state index in [1.165, 1.54) is 18.5 Å². The van der Waals surface area contributed by atoms with E-state index in [0.29, 0.717) is 49.3 Å². The minimum absolute atomic E-state index is 0.00585. The lowest BCUT2D eigenvalue weighted by atomic mass is 10.0. The Hall–Kier alpha value is -3.94. The molecule has 0 saturated carbocycles. The molecule has 40 heavy (non-hydrogen) atoms. The van der Waals surface area contributed by atoms with Crippen LogP contribution in [0.1, 0.15) is 25.0 Å². The van der Waals surface area contributed by atoms with Crippen LogP contribution in [0.3, 0.4) is 0 Å². The molecular formula is C27H32F3N7O3. The lowest BCUT2D eigenvalue weighted by Gasteiger charge is -2.51. The zero-order valence-corrected chi connectivity index (χ0v) is 22.5. The van der Waals surface area contributed by atoms with Gasteiger partial charge in [-0.25, -0.2) is 14.8 Å². The molecule has 1 aromatic heterocycles. The third-order valence-corrected chi connectivity index (χ3v) is 6.83. The number of anilines is 3. The largest absolute Gasteiger partial charge is 0.633 e. The average Bonchev–Trinajstić information content (AvgIpc) is 2.91. The van der Waals surface area contributed by atoms with Crippen LogP contribution in [0.4, 0.5) is 35.2 Å². The maximum atomic E-state index is 13.9. The number of carbonyl (C=O) groups is 1. The smallest absolute Gasteiger partial charge is 0.416 e. The predicted molar refractivity (Wildman–Crippen MR) is 146 cm³/mol.